The Morgan fingerprint density at radius 2 is 2.12 bits per heavy atom. The third-order valence-corrected chi connectivity index (χ3v) is 5.81. The van der Waals surface area contributed by atoms with Gasteiger partial charge in [-0.3, -0.25) is 0 Å². The Morgan fingerprint density at radius 1 is 1.48 bits per heavy atom. The number of aliphatic carboxylic acids is 2. The molecule has 0 spiro atoms. The van der Waals surface area contributed by atoms with Gasteiger partial charge in [0.1, 0.15) is 0 Å². The molecule has 0 bridgehead atoms. The molecule has 0 amide bonds. The van der Waals surface area contributed by atoms with Gasteiger partial charge < -0.3 is 0 Å². The minimum atomic E-state index is -4.37. The van der Waals surface area contributed by atoms with Crippen molar-refractivity contribution in [3.8, 4) is 0 Å². The van der Waals surface area contributed by atoms with Crippen LogP contribution in [0.3, 0.4) is 0 Å². The summed E-state index contributed by atoms with van der Waals surface area (Å²) in [7, 11) is -4.37. The van der Waals surface area contributed by atoms with Gasteiger partial charge in [0.05, 0.1) is 0 Å². The normalized spacial score (nSPS) is 26.8. The first-order valence-corrected chi connectivity index (χ1v) is 8.73. The van der Waals surface area contributed by atoms with Gasteiger partial charge in [-0.05, 0) is 0 Å². The molecule has 0 radical (unpaired) electrons. The molecule has 0 saturated carbocycles. The van der Waals surface area contributed by atoms with E-state index in [1.807, 2.05) is 4.72 Å². The fraction of sp³-hybridized carbons (Fsp3) is 0.462. The fourth-order valence-corrected chi connectivity index (χ4v) is 4.18. The average Bonchev–Trinajstić information content (AvgIpc) is 2.87. The molecule has 1 aliphatic heterocycles. The number of hydrogen-bond acceptors (Lipinski definition) is 6. The molecular formula is C13H19BN4O6S. The van der Waals surface area contributed by atoms with Crippen molar-refractivity contribution in [2.45, 2.75) is 24.0 Å². The van der Waals surface area contributed by atoms with Gasteiger partial charge in [0.25, 0.3) is 0 Å². The molecule has 2 rings (SSSR count). The first kappa shape index (κ1) is 19.5. The van der Waals surface area contributed by atoms with Gasteiger partial charge in [0.2, 0.25) is 0 Å². The van der Waals surface area contributed by atoms with Crippen LogP contribution in [0.15, 0.2) is 24.1 Å². The van der Waals surface area contributed by atoms with Crippen molar-refractivity contribution >= 4 is 29.1 Å². The molecule has 0 aliphatic carbocycles. The van der Waals surface area contributed by atoms with Crippen LogP contribution in [-0.2, 0) is 19.8 Å². The standard InChI is InChI=1S/C13H19BN4O6S/c1-12(15,10(19)20)17-25(23,24)18-6-9(8-3-2-4-14-5-8)13(16,7-18)11(21)22/h2-5,9,17H,6-7,15-16H2,1H3,(H,19,20)(H,21,22)/t9-,12+,13-/m0/s1. The maximum absolute atomic E-state index is 12.5. The summed E-state index contributed by atoms with van der Waals surface area (Å²) in [6, 6.07) is 3.34. The monoisotopic (exact) mass is 370 g/mol. The van der Waals surface area contributed by atoms with Crippen LogP contribution in [0.5, 0.6) is 0 Å². The Labute approximate surface area is 145 Å². The van der Waals surface area contributed by atoms with Gasteiger partial charge in [-0.2, -0.15) is 0 Å². The van der Waals surface area contributed by atoms with Crippen LogP contribution in [0.1, 0.15) is 18.4 Å². The molecule has 0 unspecified atom stereocenters. The molecule has 1 fully saturated rings. The molecule has 10 nitrogen and oxygen atoms in total. The van der Waals surface area contributed by atoms with Crippen LogP contribution in [0.2, 0.25) is 0 Å². The van der Waals surface area contributed by atoms with Crippen molar-refractivity contribution in [1.29, 1.82) is 0 Å². The van der Waals surface area contributed by atoms with Gasteiger partial charge in [0.15, 0.2) is 0 Å². The number of carboxylic acid groups (broad SMARTS) is 2. The molecular weight excluding hydrogens is 351 g/mol. The summed E-state index contributed by atoms with van der Waals surface area (Å²) in [4.78, 5) is 22.7. The number of carbonyl (C=O) groups is 2. The van der Waals surface area contributed by atoms with E-state index in [2.05, 4.69) is 0 Å². The van der Waals surface area contributed by atoms with E-state index < -0.39 is 45.8 Å². The average molecular weight is 370 g/mol. The third kappa shape index (κ3) is 3.72. The second-order valence-electron chi connectivity index (χ2n) is 6.22. The molecule has 0 aromatic carbocycles. The summed E-state index contributed by atoms with van der Waals surface area (Å²) in [6.07, 6.45) is 0. The molecule has 136 valence electrons. The van der Waals surface area contributed by atoms with E-state index in [-0.39, 0.29) is 6.54 Å². The fourth-order valence-electron chi connectivity index (χ4n) is 2.70. The zero-order valence-electron chi connectivity index (χ0n) is 13.4. The van der Waals surface area contributed by atoms with Gasteiger partial charge in [-0.1, -0.05) is 0 Å². The third-order valence-electron chi connectivity index (χ3n) is 4.17. The number of nitrogens with two attached hydrogens (primary N) is 2. The maximum atomic E-state index is 12.5. The number of hydrogen-bond donors (Lipinski definition) is 5. The second kappa shape index (κ2) is 6.46. The van der Waals surface area contributed by atoms with Crippen molar-refractivity contribution in [1.82, 2.24) is 9.03 Å². The van der Waals surface area contributed by atoms with E-state index in [1.54, 1.807) is 31.0 Å². The molecule has 7 N–H and O–H groups in total. The van der Waals surface area contributed by atoms with Crippen LogP contribution in [0.4, 0.5) is 0 Å². The molecule has 3 atom stereocenters. The van der Waals surface area contributed by atoms with Gasteiger partial charge in [-0.25, -0.2) is 0 Å². The summed E-state index contributed by atoms with van der Waals surface area (Å²) in [5.74, 6) is -0.347. The summed E-state index contributed by atoms with van der Waals surface area (Å²) in [5, 5.41) is 18.5. The van der Waals surface area contributed by atoms with Crippen LogP contribution >= 0.6 is 0 Å². The molecule has 1 aliphatic rings. The van der Waals surface area contributed by atoms with E-state index in [0.717, 1.165) is 11.2 Å². The predicted molar refractivity (Wildman–Crippen MR) is 88.9 cm³/mol. The van der Waals surface area contributed by atoms with E-state index >= 15 is 0 Å². The van der Waals surface area contributed by atoms with Crippen molar-refractivity contribution < 1.29 is 28.2 Å². The Bertz CT molecular complexity index is 787. The van der Waals surface area contributed by atoms with E-state index in [9.17, 15) is 23.1 Å². The van der Waals surface area contributed by atoms with Gasteiger partial charge >= 0.3 is 145 Å². The molecule has 2 heterocycles. The van der Waals surface area contributed by atoms with E-state index in [4.69, 9.17) is 16.6 Å². The van der Waals surface area contributed by atoms with Gasteiger partial charge in [-0.15, -0.1) is 0 Å². The first-order chi connectivity index (χ1) is 11.4. The Morgan fingerprint density at radius 3 is 2.60 bits per heavy atom. The molecule has 25 heavy (non-hydrogen) atoms. The van der Waals surface area contributed by atoms with Crippen LogP contribution < -0.4 is 16.2 Å². The molecule has 1 saturated heterocycles. The summed E-state index contributed by atoms with van der Waals surface area (Å²) in [5.41, 5.74) is 7.90. The number of carboxylic acids is 2. The van der Waals surface area contributed by atoms with Crippen LogP contribution in [-0.4, -0.2) is 66.1 Å². The Balaban J connectivity index is 2.36. The minimum absolute atomic E-state index is 0.224. The molecule has 1 aromatic rings. The summed E-state index contributed by atoms with van der Waals surface area (Å²) < 4.78 is 27.6. The van der Waals surface area contributed by atoms with Crippen molar-refractivity contribution in [2.24, 2.45) is 11.5 Å². The number of rotatable bonds is 6. The van der Waals surface area contributed by atoms with Crippen LogP contribution in [0.25, 0.3) is 0 Å². The SMILES string of the molecule is C[C@@](N)(NS(=O)(=O)N1C[C@@H](c2cbccc2)[C@](N)(C(=O)O)C1)C(=O)O. The van der Waals surface area contributed by atoms with Crippen molar-refractivity contribution in [2.75, 3.05) is 13.1 Å². The summed E-state index contributed by atoms with van der Waals surface area (Å²) in [6.45, 7) is 1.92. The number of nitrogens with zero attached hydrogens (tertiary/aromatic N) is 1. The van der Waals surface area contributed by atoms with E-state index in [1.165, 1.54) is 0 Å². The van der Waals surface area contributed by atoms with Crippen LogP contribution in [0, 0.1) is 0 Å². The second-order valence-corrected chi connectivity index (χ2v) is 7.89. The van der Waals surface area contributed by atoms with Crippen molar-refractivity contribution in [3.63, 3.8) is 0 Å². The first-order valence-electron chi connectivity index (χ1n) is 7.29. The molecule has 1 aromatic heterocycles. The van der Waals surface area contributed by atoms with Crippen molar-refractivity contribution in [3.05, 3.63) is 29.6 Å². The van der Waals surface area contributed by atoms with Gasteiger partial charge in [0, 0.05) is 0 Å². The van der Waals surface area contributed by atoms with E-state index in [0.29, 0.717) is 5.56 Å². The number of nitrogens with one attached hydrogen (secondary N) is 1. The topological polar surface area (TPSA) is 176 Å². The Kier molecular flexibility index (Phi) is 5.03. The predicted octanol–water partition coefficient (Wildman–Crippen LogP) is -2.20. The quantitative estimate of drug-likeness (QED) is 0.350. The molecule has 12 heteroatoms. The Hall–Kier alpha value is -1.86. The summed E-state index contributed by atoms with van der Waals surface area (Å²) >= 11 is 0. The zero-order valence-corrected chi connectivity index (χ0v) is 14.2. The zero-order chi connectivity index (χ0) is 19.0.